The number of likely N-dealkylation sites (tertiary alicyclic amines) is 1. The van der Waals surface area contributed by atoms with Crippen LogP contribution < -0.4 is 0 Å². The van der Waals surface area contributed by atoms with Crippen molar-refractivity contribution in [3.8, 4) is 5.75 Å². The molecule has 3 rings (SSSR count). The molecule has 1 aromatic carbocycles. The normalized spacial score (nSPS) is 15.5. The number of piperidine rings is 1. The average molecular weight is 466 g/mol. The number of furan rings is 1. The van der Waals surface area contributed by atoms with E-state index in [0.717, 1.165) is 41.7 Å². The summed E-state index contributed by atoms with van der Waals surface area (Å²) in [6.45, 7) is 13.7. The Labute approximate surface area is 203 Å². The maximum absolute atomic E-state index is 13.5. The van der Waals surface area contributed by atoms with Crippen LogP contribution in [0.2, 0.25) is 0 Å². The number of benzene rings is 1. The fraction of sp³-hybridized carbons (Fsp3) is 0.517. The predicted molar refractivity (Wildman–Crippen MR) is 136 cm³/mol. The lowest BCUT2D eigenvalue weighted by Gasteiger charge is -2.29. The summed E-state index contributed by atoms with van der Waals surface area (Å²) in [6, 6.07) is 7.46. The molecule has 0 aliphatic carbocycles. The Morgan fingerprint density at radius 2 is 1.59 bits per heavy atom. The molecule has 1 N–H and O–H groups in total. The first-order valence-electron chi connectivity index (χ1n) is 12.3. The summed E-state index contributed by atoms with van der Waals surface area (Å²) in [5, 5.41) is 11.1. The molecule has 0 spiro atoms. The minimum atomic E-state index is -0.297. The molecule has 0 saturated carbocycles. The zero-order valence-electron chi connectivity index (χ0n) is 21.5. The van der Waals surface area contributed by atoms with Crippen LogP contribution in [0.3, 0.4) is 0 Å². The number of rotatable bonds is 6. The van der Waals surface area contributed by atoms with Crippen LogP contribution >= 0.6 is 0 Å². The average Bonchev–Trinajstić information content (AvgIpc) is 3.29. The number of amides is 1. The number of hydrogen-bond acceptors (Lipinski definition) is 4. The van der Waals surface area contributed by atoms with Gasteiger partial charge in [-0.2, -0.15) is 0 Å². The van der Waals surface area contributed by atoms with Crippen LogP contribution in [0, 0.1) is 0 Å². The summed E-state index contributed by atoms with van der Waals surface area (Å²) >= 11 is 0. The van der Waals surface area contributed by atoms with E-state index in [1.807, 2.05) is 18.2 Å². The number of hydrogen-bond donors (Lipinski definition) is 1. The Balaban J connectivity index is 2.06. The van der Waals surface area contributed by atoms with Crippen molar-refractivity contribution in [3.05, 3.63) is 58.6 Å². The third-order valence-electron chi connectivity index (χ3n) is 6.41. The summed E-state index contributed by atoms with van der Waals surface area (Å²) < 4.78 is 5.38. The first-order chi connectivity index (χ1) is 15.9. The molecule has 2 aromatic rings. The fourth-order valence-corrected chi connectivity index (χ4v) is 4.41. The molecule has 0 unspecified atom stereocenters. The molecule has 1 aliphatic rings. The van der Waals surface area contributed by atoms with Crippen molar-refractivity contribution in [2.24, 2.45) is 0 Å². The highest BCUT2D eigenvalue weighted by Gasteiger charge is 2.28. The van der Waals surface area contributed by atoms with Crippen LogP contribution in [0.4, 0.5) is 0 Å². The van der Waals surface area contributed by atoms with Gasteiger partial charge in [-0.3, -0.25) is 9.59 Å². The minimum absolute atomic E-state index is 0.185. The smallest absolute Gasteiger partial charge is 0.257 e. The Hall–Kier alpha value is -2.82. The van der Waals surface area contributed by atoms with E-state index in [0.29, 0.717) is 19.5 Å². The molecule has 1 saturated heterocycles. The topological polar surface area (TPSA) is 70.8 Å². The number of nitrogens with zero attached hydrogens (tertiary/aromatic N) is 1. The molecule has 1 aliphatic heterocycles. The van der Waals surface area contributed by atoms with Gasteiger partial charge in [0.25, 0.3) is 5.91 Å². The van der Waals surface area contributed by atoms with Crippen molar-refractivity contribution >= 4 is 17.8 Å². The van der Waals surface area contributed by atoms with Crippen LogP contribution in [-0.2, 0) is 26.8 Å². The third kappa shape index (κ3) is 6.19. The molecular weight excluding hydrogens is 426 g/mol. The zero-order valence-corrected chi connectivity index (χ0v) is 21.5. The van der Waals surface area contributed by atoms with Crippen molar-refractivity contribution in [1.82, 2.24) is 4.90 Å². The summed E-state index contributed by atoms with van der Waals surface area (Å²) in [5.74, 6) is 0.625. The lowest BCUT2D eigenvalue weighted by molar-refractivity contribution is -0.130. The molecule has 5 nitrogen and oxygen atoms in total. The van der Waals surface area contributed by atoms with E-state index >= 15 is 0 Å². The lowest BCUT2D eigenvalue weighted by Crippen LogP contribution is -2.38. The number of ketones is 1. The third-order valence-corrected chi connectivity index (χ3v) is 6.41. The van der Waals surface area contributed by atoms with Gasteiger partial charge in [0.05, 0.1) is 11.8 Å². The van der Waals surface area contributed by atoms with Crippen molar-refractivity contribution in [2.75, 3.05) is 13.1 Å². The van der Waals surface area contributed by atoms with Gasteiger partial charge in [-0.05, 0) is 66.0 Å². The minimum Gasteiger partial charge on any atom is -0.507 e. The van der Waals surface area contributed by atoms with Gasteiger partial charge >= 0.3 is 0 Å². The van der Waals surface area contributed by atoms with Crippen LogP contribution in [0.25, 0.3) is 6.08 Å². The second-order valence-corrected chi connectivity index (χ2v) is 11.4. The highest BCUT2D eigenvalue weighted by atomic mass is 16.3. The van der Waals surface area contributed by atoms with Crippen LogP contribution in [0.1, 0.15) is 89.7 Å². The Bertz CT molecular complexity index is 1010. The van der Waals surface area contributed by atoms with Crippen molar-refractivity contribution in [2.45, 2.75) is 84.5 Å². The van der Waals surface area contributed by atoms with Gasteiger partial charge < -0.3 is 14.4 Å². The van der Waals surface area contributed by atoms with E-state index in [4.69, 9.17) is 4.42 Å². The second kappa shape index (κ2) is 10.2. The van der Waals surface area contributed by atoms with Crippen molar-refractivity contribution in [1.29, 1.82) is 0 Å². The first-order valence-corrected chi connectivity index (χ1v) is 12.3. The quantitative estimate of drug-likeness (QED) is 0.314. The second-order valence-electron chi connectivity index (χ2n) is 11.4. The van der Waals surface area contributed by atoms with Gasteiger partial charge in [0.2, 0.25) is 0 Å². The molecule has 2 heterocycles. The zero-order chi connectivity index (χ0) is 25.1. The van der Waals surface area contributed by atoms with E-state index < -0.39 is 0 Å². The maximum Gasteiger partial charge on any atom is 0.257 e. The molecule has 34 heavy (non-hydrogen) atoms. The maximum atomic E-state index is 13.5. The highest BCUT2D eigenvalue weighted by Crippen LogP contribution is 2.40. The number of carbonyl (C=O) groups excluding carboxylic acids is 2. The summed E-state index contributed by atoms with van der Waals surface area (Å²) in [7, 11) is 0. The van der Waals surface area contributed by atoms with E-state index in [9.17, 15) is 14.7 Å². The van der Waals surface area contributed by atoms with Crippen molar-refractivity contribution < 1.29 is 19.1 Å². The van der Waals surface area contributed by atoms with Crippen molar-refractivity contribution in [3.63, 3.8) is 0 Å². The summed E-state index contributed by atoms with van der Waals surface area (Å²) in [5.41, 5.74) is 1.99. The number of phenolic OH excluding ortho intramolecular Hbond substituents is 1. The van der Waals surface area contributed by atoms with Crippen LogP contribution in [0.5, 0.6) is 5.75 Å². The monoisotopic (exact) mass is 465 g/mol. The van der Waals surface area contributed by atoms with Gasteiger partial charge in [-0.15, -0.1) is 0 Å². The highest BCUT2D eigenvalue weighted by molar-refractivity contribution is 6.22. The predicted octanol–water partition coefficient (Wildman–Crippen LogP) is 6.18. The molecule has 0 atom stereocenters. The van der Waals surface area contributed by atoms with E-state index in [1.54, 1.807) is 23.3 Å². The van der Waals surface area contributed by atoms with Crippen LogP contribution in [0.15, 0.2) is 40.5 Å². The van der Waals surface area contributed by atoms with E-state index in [2.05, 4.69) is 41.5 Å². The number of aryl methyl sites for hydroxylation is 1. The first kappa shape index (κ1) is 25.8. The summed E-state index contributed by atoms with van der Waals surface area (Å²) in [4.78, 5) is 28.7. The standard InChI is InChI=1S/C29H39NO4/c1-28(2,3)23-18-20(19-24(26(23)32)29(4,5)6)17-22(27(33)30-14-8-7-9-15-30)25(31)13-12-21-11-10-16-34-21/h10-11,16-19,32H,7-9,12-15H2,1-6H3. The molecule has 0 bridgehead atoms. The Kier molecular flexibility index (Phi) is 7.74. The fourth-order valence-electron chi connectivity index (χ4n) is 4.41. The van der Waals surface area contributed by atoms with Gasteiger partial charge in [-0.1, -0.05) is 41.5 Å². The lowest BCUT2D eigenvalue weighted by atomic mass is 9.78. The van der Waals surface area contributed by atoms with E-state index in [1.165, 1.54) is 0 Å². The van der Waals surface area contributed by atoms with Crippen LogP contribution in [-0.4, -0.2) is 34.8 Å². The Morgan fingerprint density at radius 3 is 2.09 bits per heavy atom. The molecule has 1 amide bonds. The largest absolute Gasteiger partial charge is 0.507 e. The molecule has 1 aromatic heterocycles. The number of aromatic hydroxyl groups is 1. The molecule has 5 heteroatoms. The molecule has 0 radical (unpaired) electrons. The SMILES string of the molecule is CC(C)(C)c1cc(C=C(C(=O)CCc2ccco2)C(=O)N2CCCCC2)cc(C(C)(C)C)c1O. The van der Waals surface area contributed by atoms with Gasteiger partial charge in [0.15, 0.2) is 5.78 Å². The van der Waals surface area contributed by atoms with Gasteiger partial charge in [-0.25, -0.2) is 0 Å². The van der Waals surface area contributed by atoms with E-state index in [-0.39, 0.29) is 40.3 Å². The molecule has 1 fully saturated rings. The van der Waals surface area contributed by atoms with Gasteiger partial charge in [0.1, 0.15) is 11.5 Å². The number of phenols is 1. The number of carbonyl (C=O) groups is 2. The Morgan fingerprint density at radius 1 is 1.00 bits per heavy atom. The van der Waals surface area contributed by atoms with Gasteiger partial charge in [0, 0.05) is 37.1 Å². The summed E-state index contributed by atoms with van der Waals surface area (Å²) in [6.07, 6.45) is 7.00. The molecule has 184 valence electrons. The molecular formula is C29H39NO4. The number of Topliss-reactive ketones (excluding diaryl/α,β-unsaturated/α-hetero) is 1.